The monoisotopic (exact) mass is 284 g/mol. The summed E-state index contributed by atoms with van der Waals surface area (Å²) in [6.07, 6.45) is 3.39. The van der Waals surface area contributed by atoms with Crippen molar-refractivity contribution in [3.05, 3.63) is 60.3 Å². The zero-order chi connectivity index (χ0) is 14.8. The topological polar surface area (TPSA) is 27.1 Å². The molecule has 0 saturated carbocycles. The van der Waals surface area contributed by atoms with Gasteiger partial charge in [-0.2, -0.15) is 0 Å². The number of benzene rings is 1. The van der Waals surface area contributed by atoms with Crippen molar-refractivity contribution < 1.29 is 9.13 Å². The van der Waals surface area contributed by atoms with Crippen LogP contribution in [0.3, 0.4) is 0 Å². The molecule has 1 aromatic carbocycles. The molecule has 0 saturated heterocycles. The van der Waals surface area contributed by atoms with Crippen LogP contribution < -0.4 is 4.74 Å². The number of fused-ring (bicyclic) bond motifs is 1. The van der Waals surface area contributed by atoms with Crippen LogP contribution in [0.1, 0.15) is 25.6 Å². The summed E-state index contributed by atoms with van der Waals surface area (Å²) in [4.78, 5) is 4.03. The molecule has 3 rings (SSSR count). The molecule has 3 aromatic rings. The summed E-state index contributed by atoms with van der Waals surface area (Å²) in [5, 5.41) is 1.02. The van der Waals surface area contributed by atoms with Crippen LogP contribution in [0, 0.1) is 5.82 Å². The maximum absolute atomic E-state index is 13.5. The highest BCUT2D eigenvalue weighted by molar-refractivity contribution is 5.81. The van der Waals surface area contributed by atoms with Crippen molar-refractivity contribution in [1.82, 2.24) is 9.55 Å². The van der Waals surface area contributed by atoms with Gasteiger partial charge in [0.15, 0.2) is 0 Å². The first-order valence-corrected chi connectivity index (χ1v) is 6.97. The molecule has 4 heteroatoms. The predicted octanol–water partition coefficient (Wildman–Crippen LogP) is 4.34. The minimum atomic E-state index is -0.220. The standard InChI is InChI=1S/C17H17FN2O/c1-12(2)20-15(11-21-16-4-3-7-19-10-16)8-13-5-6-14(18)9-17(13)20/h3-10,12H,11H2,1-2H3. The molecule has 0 aliphatic heterocycles. The molecule has 0 spiro atoms. The molecule has 2 heterocycles. The minimum absolute atomic E-state index is 0.220. The maximum Gasteiger partial charge on any atom is 0.138 e. The van der Waals surface area contributed by atoms with E-state index in [1.807, 2.05) is 18.2 Å². The van der Waals surface area contributed by atoms with Crippen molar-refractivity contribution in [3.63, 3.8) is 0 Å². The normalized spacial score (nSPS) is 11.2. The van der Waals surface area contributed by atoms with Gasteiger partial charge < -0.3 is 9.30 Å². The van der Waals surface area contributed by atoms with E-state index in [9.17, 15) is 4.39 Å². The van der Waals surface area contributed by atoms with Crippen molar-refractivity contribution in [2.24, 2.45) is 0 Å². The summed E-state index contributed by atoms with van der Waals surface area (Å²) < 4.78 is 21.4. The lowest BCUT2D eigenvalue weighted by atomic mass is 10.2. The van der Waals surface area contributed by atoms with Gasteiger partial charge in [0.25, 0.3) is 0 Å². The van der Waals surface area contributed by atoms with E-state index >= 15 is 0 Å². The molecule has 0 atom stereocenters. The summed E-state index contributed by atoms with van der Waals surface area (Å²) in [5.74, 6) is 0.506. The minimum Gasteiger partial charge on any atom is -0.486 e. The maximum atomic E-state index is 13.5. The van der Waals surface area contributed by atoms with Crippen LogP contribution in [0.15, 0.2) is 48.8 Å². The lowest BCUT2D eigenvalue weighted by Gasteiger charge is -2.15. The van der Waals surface area contributed by atoms with E-state index in [0.29, 0.717) is 6.61 Å². The van der Waals surface area contributed by atoms with Gasteiger partial charge in [-0.05, 0) is 50.2 Å². The van der Waals surface area contributed by atoms with Crippen LogP contribution in [0.25, 0.3) is 10.9 Å². The zero-order valence-electron chi connectivity index (χ0n) is 12.1. The number of nitrogens with zero attached hydrogens (tertiary/aromatic N) is 2. The van der Waals surface area contributed by atoms with Crippen LogP contribution >= 0.6 is 0 Å². The van der Waals surface area contributed by atoms with Gasteiger partial charge in [-0.15, -0.1) is 0 Å². The second-order valence-electron chi connectivity index (χ2n) is 5.28. The highest BCUT2D eigenvalue weighted by Gasteiger charge is 2.12. The Hall–Kier alpha value is -2.36. The number of pyridine rings is 1. The van der Waals surface area contributed by atoms with Gasteiger partial charge in [0, 0.05) is 17.6 Å². The first-order valence-electron chi connectivity index (χ1n) is 6.97. The quantitative estimate of drug-likeness (QED) is 0.712. The van der Waals surface area contributed by atoms with E-state index in [1.165, 1.54) is 6.07 Å². The zero-order valence-corrected chi connectivity index (χ0v) is 12.1. The van der Waals surface area contributed by atoms with E-state index in [2.05, 4.69) is 23.4 Å². The summed E-state index contributed by atoms with van der Waals surface area (Å²) in [5.41, 5.74) is 1.92. The summed E-state index contributed by atoms with van der Waals surface area (Å²) >= 11 is 0. The fourth-order valence-electron chi connectivity index (χ4n) is 2.56. The van der Waals surface area contributed by atoms with Crippen molar-refractivity contribution in [2.75, 3.05) is 0 Å². The Kier molecular flexibility index (Phi) is 3.60. The third-order valence-corrected chi connectivity index (χ3v) is 3.42. The molecular formula is C17H17FN2O. The molecule has 2 aromatic heterocycles. The van der Waals surface area contributed by atoms with Gasteiger partial charge >= 0.3 is 0 Å². The molecule has 0 unspecified atom stereocenters. The fraction of sp³-hybridized carbons (Fsp3) is 0.235. The van der Waals surface area contributed by atoms with Crippen molar-refractivity contribution in [3.8, 4) is 5.75 Å². The van der Waals surface area contributed by atoms with Gasteiger partial charge in [0.05, 0.1) is 17.4 Å². The first-order chi connectivity index (χ1) is 10.1. The molecule has 0 bridgehead atoms. The number of hydrogen-bond acceptors (Lipinski definition) is 2. The molecule has 3 nitrogen and oxygen atoms in total. The van der Waals surface area contributed by atoms with Crippen molar-refractivity contribution in [2.45, 2.75) is 26.5 Å². The number of hydrogen-bond donors (Lipinski definition) is 0. The molecule has 0 aliphatic rings. The summed E-state index contributed by atoms with van der Waals surface area (Å²) in [7, 11) is 0. The second kappa shape index (κ2) is 5.56. The van der Waals surface area contributed by atoms with Gasteiger partial charge in [-0.25, -0.2) is 4.39 Å². The van der Waals surface area contributed by atoms with Gasteiger partial charge in [0.2, 0.25) is 0 Å². The molecule has 0 fully saturated rings. The van der Waals surface area contributed by atoms with E-state index in [-0.39, 0.29) is 11.9 Å². The molecule has 0 radical (unpaired) electrons. The smallest absolute Gasteiger partial charge is 0.138 e. The van der Waals surface area contributed by atoms with Crippen LogP contribution in [0.4, 0.5) is 4.39 Å². The Morgan fingerprint density at radius 1 is 1.24 bits per heavy atom. The third-order valence-electron chi connectivity index (χ3n) is 3.42. The lowest BCUT2D eigenvalue weighted by molar-refractivity contribution is 0.292. The Labute approximate surface area is 123 Å². The average Bonchev–Trinajstić information content (AvgIpc) is 2.84. The van der Waals surface area contributed by atoms with E-state index in [1.54, 1.807) is 24.5 Å². The lowest BCUT2D eigenvalue weighted by Crippen LogP contribution is -2.08. The van der Waals surface area contributed by atoms with Crippen LogP contribution in [-0.4, -0.2) is 9.55 Å². The largest absolute Gasteiger partial charge is 0.486 e. The van der Waals surface area contributed by atoms with Gasteiger partial charge in [-0.3, -0.25) is 4.98 Å². The van der Waals surface area contributed by atoms with Gasteiger partial charge in [0.1, 0.15) is 18.2 Å². The number of halogens is 1. The summed E-state index contributed by atoms with van der Waals surface area (Å²) in [6, 6.07) is 10.8. The predicted molar refractivity (Wildman–Crippen MR) is 80.9 cm³/mol. The van der Waals surface area contributed by atoms with Crippen LogP contribution in [-0.2, 0) is 6.61 Å². The molecule has 108 valence electrons. The molecule has 21 heavy (non-hydrogen) atoms. The van der Waals surface area contributed by atoms with Crippen LogP contribution in [0.5, 0.6) is 5.75 Å². The Morgan fingerprint density at radius 3 is 2.81 bits per heavy atom. The highest BCUT2D eigenvalue weighted by atomic mass is 19.1. The van der Waals surface area contributed by atoms with E-state index in [4.69, 9.17) is 4.74 Å². The Bertz CT molecular complexity index is 750. The van der Waals surface area contributed by atoms with E-state index < -0.39 is 0 Å². The Morgan fingerprint density at radius 2 is 2.10 bits per heavy atom. The number of aromatic nitrogens is 2. The van der Waals surface area contributed by atoms with Crippen molar-refractivity contribution in [1.29, 1.82) is 0 Å². The number of ether oxygens (including phenoxy) is 1. The molecular weight excluding hydrogens is 267 g/mol. The first kappa shape index (κ1) is 13.6. The average molecular weight is 284 g/mol. The van der Waals surface area contributed by atoms with Crippen molar-refractivity contribution >= 4 is 10.9 Å². The SMILES string of the molecule is CC(C)n1c(COc2cccnc2)cc2ccc(F)cc21. The van der Waals surface area contributed by atoms with Crippen LogP contribution in [0.2, 0.25) is 0 Å². The molecule has 0 aliphatic carbocycles. The molecule has 0 N–H and O–H groups in total. The number of rotatable bonds is 4. The Balaban J connectivity index is 1.96. The second-order valence-corrected chi connectivity index (χ2v) is 5.28. The fourth-order valence-corrected chi connectivity index (χ4v) is 2.56. The third kappa shape index (κ3) is 2.75. The highest BCUT2D eigenvalue weighted by Crippen LogP contribution is 2.26. The molecule has 0 amide bonds. The summed E-state index contributed by atoms with van der Waals surface area (Å²) in [6.45, 7) is 4.59. The van der Waals surface area contributed by atoms with Gasteiger partial charge in [-0.1, -0.05) is 0 Å². The van der Waals surface area contributed by atoms with E-state index in [0.717, 1.165) is 22.3 Å².